The molecule has 0 aliphatic carbocycles. The fraction of sp³-hybridized carbons (Fsp3) is 0.300. The van der Waals surface area contributed by atoms with Gasteiger partial charge in [0.05, 0.1) is 0 Å². The molecule has 0 radical (unpaired) electrons. The van der Waals surface area contributed by atoms with E-state index in [0.717, 1.165) is 5.52 Å². The van der Waals surface area contributed by atoms with Crippen LogP contribution in [0.2, 0.25) is 0 Å². The highest BCUT2D eigenvalue weighted by atomic mass is 32.2. The summed E-state index contributed by atoms with van der Waals surface area (Å²) in [5.41, 5.74) is -4.50. The van der Waals surface area contributed by atoms with Gasteiger partial charge in [-0.05, 0) is 6.07 Å². The van der Waals surface area contributed by atoms with Crippen molar-refractivity contribution in [2.24, 2.45) is 0 Å². The summed E-state index contributed by atoms with van der Waals surface area (Å²) in [5.74, 6) is 0. The van der Waals surface area contributed by atoms with Gasteiger partial charge < -0.3 is 4.55 Å². The summed E-state index contributed by atoms with van der Waals surface area (Å²) < 4.78 is 62.0. The molecule has 1 aromatic carbocycles. The maximum Gasteiger partial charge on any atom is 0.485 e. The molecular weight excluding hydrogens is 319 g/mol. The zero-order chi connectivity index (χ0) is 15.6. The van der Waals surface area contributed by atoms with E-state index in [0.29, 0.717) is 0 Å². The Morgan fingerprint density at radius 3 is 2.25 bits per heavy atom. The third-order valence-corrected chi connectivity index (χ3v) is 3.69. The number of fused-ring (bicyclic) bond motifs is 1. The first-order chi connectivity index (χ1) is 9.08. The van der Waals surface area contributed by atoms with E-state index in [1.807, 2.05) is 23.8 Å². The average Bonchev–Trinajstić information content (AvgIpc) is 2.62. The Hall–Kier alpha value is -1.39. The van der Waals surface area contributed by atoms with E-state index < -0.39 is 15.6 Å². The molecule has 0 saturated carbocycles. The second-order valence-corrected chi connectivity index (χ2v) is 6.07. The van der Waals surface area contributed by atoms with Gasteiger partial charge in [-0.15, -0.1) is 0 Å². The topological polar surface area (TPSA) is 70.3 Å². The number of hydrogen-bond acceptors (Lipinski definition) is 5. The van der Waals surface area contributed by atoms with E-state index in [1.54, 1.807) is 18.4 Å². The van der Waals surface area contributed by atoms with Crippen LogP contribution < -0.4 is 9.57 Å². The Labute approximate surface area is 116 Å². The lowest BCUT2D eigenvalue weighted by molar-refractivity contribution is -0.866. The molecule has 112 valence electrons. The molecule has 0 aliphatic heterocycles. The molecule has 1 heterocycles. The van der Waals surface area contributed by atoms with Crippen molar-refractivity contribution in [1.82, 2.24) is 0 Å². The average molecular weight is 329 g/mol. The van der Waals surface area contributed by atoms with Crippen LogP contribution in [0.15, 0.2) is 24.3 Å². The Balaban J connectivity index is 0.000000221. The predicted octanol–water partition coefficient (Wildman–Crippen LogP) is 1.61. The minimum Gasteiger partial charge on any atom is -0.741 e. The third-order valence-electron chi connectivity index (χ3n) is 2.09. The highest BCUT2D eigenvalue weighted by Crippen LogP contribution is 2.20. The monoisotopic (exact) mass is 329 g/mol. The van der Waals surface area contributed by atoms with Crippen molar-refractivity contribution >= 4 is 31.7 Å². The Bertz CT molecular complexity index is 694. The van der Waals surface area contributed by atoms with Crippen LogP contribution in [-0.2, 0) is 10.1 Å². The van der Waals surface area contributed by atoms with Crippen molar-refractivity contribution in [3.8, 4) is 0 Å². The van der Waals surface area contributed by atoms with E-state index >= 15 is 0 Å². The van der Waals surface area contributed by atoms with Gasteiger partial charge in [0.1, 0.15) is 11.8 Å². The van der Waals surface area contributed by atoms with Gasteiger partial charge in [-0.2, -0.15) is 13.2 Å². The quantitative estimate of drug-likeness (QED) is 0.453. The minimum absolute atomic E-state index is 1.14. The van der Waals surface area contributed by atoms with Gasteiger partial charge in [0.15, 0.2) is 10.1 Å². The van der Waals surface area contributed by atoms with Gasteiger partial charge in [0, 0.05) is 17.7 Å². The number of halogens is 3. The zero-order valence-corrected chi connectivity index (χ0v) is 12.0. The fourth-order valence-corrected chi connectivity index (χ4v) is 2.28. The Morgan fingerprint density at radius 2 is 1.80 bits per heavy atom. The smallest absolute Gasteiger partial charge is 0.485 e. The number of hydrogen-bond donors (Lipinski definition) is 0. The lowest BCUT2D eigenvalue weighted by atomic mass is 10.3. The molecule has 5 nitrogen and oxygen atoms in total. The lowest BCUT2D eigenvalue weighted by Crippen LogP contribution is -2.41. The summed E-state index contributed by atoms with van der Waals surface area (Å²) in [4.78, 5) is 5.23. The number of alkyl halides is 3. The summed E-state index contributed by atoms with van der Waals surface area (Å²) in [7, 11) is -4.40. The molecule has 20 heavy (non-hydrogen) atoms. The summed E-state index contributed by atoms with van der Waals surface area (Å²) >= 11 is 1.74. The van der Waals surface area contributed by atoms with Crippen molar-refractivity contribution in [3.05, 3.63) is 29.3 Å². The number of aromatic nitrogens is 1. The zero-order valence-electron chi connectivity index (χ0n) is 10.3. The molecule has 0 spiro atoms. The summed E-state index contributed by atoms with van der Waals surface area (Å²) in [6.45, 7) is 2.05. The van der Waals surface area contributed by atoms with Crippen molar-refractivity contribution in [1.29, 1.82) is 0 Å². The van der Waals surface area contributed by atoms with Crippen LogP contribution in [-0.4, -0.2) is 25.6 Å². The first-order valence-corrected chi connectivity index (χ1v) is 7.27. The first kappa shape index (κ1) is 16.7. The van der Waals surface area contributed by atoms with Crippen LogP contribution in [0.25, 0.3) is 10.2 Å². The number of nitrogens with zero attached hydrogens (tertiary/aromatic N) is 1. The number of benzene rings is 1. The summed E-state index contributed by atoms with van der Waals surface area (Å²) in [6, 6.07) is 8.22. The van der Waals surface area contributed by atoms with Gasteiger partial charge >= 0.3 is 5.51 Å². The first-order valence-electron chi connectivity index (χ1n) is 5.04. The lowest BCUT2D eigenvalue weighted by Gasteiger charge is -2.08. The van der Waals surface area contributed by atoms with Gasteiger partial charge in [-0.25, -0.2) is 8.42 Å². The molecule has 1 aromatic heterocycles. The van der Waals surface area contributed by atoms with Crippen LogP contribution in [0.1, 0.15) is 5.01 Å². The molecule has 0 bridgehead atoms. The number of rotatable bonds is 1. The van der Waals surface area contributed by atoms with E-state index in [1.165, 1.54) is 9.71 Å². The number of aryl methyl sites for hydroxylation is 1. The molecule has 10 heteroatoms. The van der Waals surface area contributed by atoms with Gasteiger partial charge in [-0.3, -0.25) is 4.84 Å². The molecule has 2 rings (SSSR count). The maximum atomic E-state index is 10.7. The number of thiazole rings is 1. The molecule has 0 amide bonds. The summed E-state index contributed by atoms with van der Waals surface area (Å²) in [5, 5.41) is 1.17. The largest absolute Gasteiger partial charge is 0.741 e. The van der Waals surface area contributed by atoms with Crippen LogP contribution in [0.5, 0.6) is 0 Å². The van der Waals surface area contributed by atoms with Crippen molar-refractivity contribution in [2.75, 3.05) is 7.11 Å². The highest BCUT2D eigenvalue weighted by molar-refractivity contribution is 7.86. The predicted molar refractivity (Wildman–Crippen MR) is 65.0 cm³/mol. The Morgan fingerprint density at radius 1 is 1.30 bits per heavy atom. The van der Waals surface area contributed by atoms with Crippen LogP contribution >= 0.6 is 11.3 Å². The molecule has 0 aliphatic rings. The van der Waals surface area contributed by atoms with Gasteiger partial charge in [-0.1, -0.05) is 23.5 Å². The summed E-state index contributed by atoms with van der Waals surface area (Å²) in [6.07, 6.45) is 0. The van der Waals surface area contributed by atoms with Crippen molar-refractivity contribution in [2.45, 2.75) is 12.4 Å². The fourth-order valence-electron chi connectivity index (χ4n) is 1.31. The minimum atomic E-state index is -6.09. The molecule has 0 atom stereocenters. The number of para-hydroxylation sites is 1. The second kappa shape index (κ2) is 5.94. The van der Waals surface area contributed by atoms with Gasteiger partial charge in [0.2, 0.25) is 0 Å². The molecule has 0 saturated heterocycles. The molecule has 0 N–H and O–H groups in total. The SMILES string of the molecule is CO[n+]1c(C)sc2ccccc21.O=S(=O)([O-])C(F)(F)F. The molecule has 0 fully saturated rings. The van der Waals surface area contributed by atoms with Crippen LogP contribution in [0.3, 0.4) is 0 Å². The highest BCUT2D eigenvalue weighted by Gasteiger charge is 2.36. The van der Waals surface area contributed by atoms with Crippen molar-refractivity contribution in [3.63, 3.8) is 0 Å². The van der Waals surface area contributed by atoms with E-state index in [-0.39, 0.29) is 0 Å². The Kier molecular flexibility index (Phi) is 4.95. The maximum absolute atomic E-state index is 10.7. The molecule has 2 aromatic rings. The molecular formula is C10H10F3NO4S2. The molecule has 0 unspecified atom stereocenters. The van der Waals surface area contributed by atoms with Gasteiger partial charge in [0.25, 0.3) is 10.5 Å². The van der Waals surface area contributed by atoms with Crippen LogP contribution in [0.4, 0.5) is 13.2 Å². The van der Waals surface area contributed by atoms with E-state index in [2.05, 4.69) is 12.1 Å². The third kappa shape index (κ3) is 3.81. The van der Waals surface area contributed by atoms with Crippen molar-refractivity contribution < 1.29 is 35.7 Å². The standard InChI is InChI=1S/C9H10NOS.CHF3O3S/c1-7-10(11-2)8-5-3-4-6-9(8)12-7;2-1(3,4)8(5,6)7/h3-6H,1-2H3;(H,5,6,7)/q+1;/p-1. The van der Waals surface area contributed by atoms with E-state index in [9.17, 15) is 13.2 Å². The van der Waals surface area contributed by atoms with E-state index in [4.69, 9.17) is 17.8 Å². The van der Waals surface area contributed by atoms with Crippen LogP contribution in [0, 0.1) is 6.92 Å². The normalized spacial score (nSPS) is 11.9. The second-order valence-electron chi connectivity index (χ2n) is 3.47.